The lowest BCUT2D eigenvalue weighted by molar-refractivity contribution is 0.0748. The molecular weight excluding hydrogens is 272 g/mol. The Hall–Kier alpha value is -0.680. The van der Waals surface area contributed by atoms with Crippen LogP contribution < -0.4 is 0 Å². The number of carbonyl (C=O) groups excluding carboxylic acids is 1. The summed E-state index contributed by atoms with van der Waals surface area (Å²) < 4.78 is 7.68. The summed E-state index contributed by atoms with van der Waals surface area (Å²) in [4.78, 5) is 11.9. The number of nitrogens with zero attached hydrogens (tertiary/aromatic N) is 2. The van der Waals surface area contributed by atoms with Crippen LogP contribution >= 0.6 is 15.9 Å². The molecule has 0 aliphatic rings. The van der Waals surface area contributed by atoms with Crippen LogP contribution in [0, 0.1) is 0 Å². The molecule has 1 rings (SSSR count). The smallest absolute Gasteiger partial charge is 0.207 e. The molecule has 0 aromatic carbocycles. The van der Waals surface area contributed by atoms with Crippen LogP contribution in [0.3, 0.4) is 0 Å². The van der Waals surface area contributed by atoms with Crippen molar-refractivity contribution in [3.05, 3.63) is 16.4 Å². The SMILES string of the molecule is CCCOCC(=O)c1c(Br)cnn1C(C)C. The van der Waals surface area contributed by atoms with Crippen LogP contribution in [0.15, 0.2) is 10.7 Å². The standard InChI is InChI=1S/C11H17BrN2O2/c1-4-5-16-7-10(15)11-9(12)6-13-14(11)8(2)3/h6,8H,4-5,7H2,1-3H3. The summed E-state index contributed by atoms with van der Waals surface area (Å²) in [5.41, 5.74) is 0.589. The van der Waals surface area contributed by atoms with Crippen LogP contribution in [0.1, 0.15) is 43.7 Å². The Balaban J connectivity index is 2.77. The van der Waals surface area contributed by atoms with Gasteiger partial charge in [-0.25, -0.2) is 0 Å². The van der Waals surface area contributed by atoms with Crippen molar-refractivity contribution in [1.82, 2.24) is 9.78 Å². The van der Waals surface area contributed by atoms with Crippen molar-refractivity contribution in [1.29, 1.82) is 0 Å². The third-order valence-corrected chi connectivity index (χ3v) is 2.67. The van der Waals surface area contributed by atoms with Gasteiger partial charge in [-0.15, -0.1) is 0 Å². The van der Waals surface area contributed by atoms with Crippen molar-refractivity contribution in [2.75, 3.05) is 13.2 Å². The van der Waals surface area contributed by atoms with Crippen molar-refractivity contribution in [3.63, 3.8) is 0 Å². The molecular formula is C11H17BrN2O2. The maximum atomic E-state index is 11.9. The fourth-order valence-electron chi connectivity index (χ4n) is 1.37. The molecule has 0 atom stereocenters. The molecule has 16 heavy (non-hydrogen) atoms. The monoisotopic (exact) mass is 288 g/mol. The van der Waals surface area contributed by atoms with Crippen LogP contribution in [-0.2, 0) is 4.74 Å². The minimum Gasteiger partial charge on any atom is -0.373 e. The molecule has 1 aromatic heterocycles. The Kier molecular flexibility index (Phi) is 5.15. The molecule has 0 fully saturated rings. The van der Waals surface area contributed by atoms with Gasteiger partial charge in [-0.1, -0.05) is 6.92 Å². The molecule has 0 amide bonds. The number of Topliss-reactive ketones (excluding diaryl/α,β-unsaturated/α-hetero) is 1. The summed E-state index contributed by atoms with van der Waals surface area (Å²) in [6, 6.07) is 0.163. The number of rotatable bonds is 6. The molecule has 90 valence electrons. The lowest BCUT2D eigenvalue weighted by Gasteiger charge is -2.10. The number of halogens is 1. The van der Waals surface area contributed by atoms with E-state index in [4.69, 9.17) is 4.74 Å². The largest absolute Gasteiger partial charge is 0.373 e. The summed E-state index contributed by atoms with van der Waals surface area (Å²) in [7, 11) is 0. The maximum absolute atomic E-state index is 11.9. The molecule has 1 aromatic rings. The van der Waals surface area contributed by atoms with Gasteiger partial charge in [0.2, 0.25) is 5.78 Å². The molecule has 0 aliphatic heterocycles. The molecule has 0 saturated carbocycles. The van der Waals surface area contributed by atoms with Crippen LogP contribution in [0.5, 0.6) is 0 Å². The van der Waals surface area contributed by atoms with Crippen molar-refractivity contribution < 1.29 is 9.53 Å². The van der Waals surface area contributed by atoms with E-state index >= 15 is 0 Å². The summed E-state index contributed by atoms with van der Waals surface area (Å²) in [5.74, 6) is -0.0356. The van der Waals surface area contributed by atoms with Gasteiger partial charge in [0.25, 0.3) is 0 Å². The van der Waals surface area contributed by atoms with E-state index in [2.05, 4.69) is 21.0 Å². The van der Waals surface area contributed by atoms with E-state index in [9.17, 15) is 4.79 Å². The third kappa shape index (κ3) is 3.15. The molecule has 4 nitrogen and oxygen atoms in total. The molecule has 0 radical (unpaired) electrons. The molecule has 5 heteroatoms. The minimum absolute atomic E-state index is 0.0356. The second-order valence-corrected chi connectivity index (χ2v) is 4.71. The first-order chi connectivity index (χ1) is 7.57. The van der Waals surface area contributed by atoms with E-state index in [1.165, 1.54) is 0 Å². The van der Waals surface area contributed by atoms with Gasteiger partial charge in [0.15, 0.2) is 0 Å². The Morgan fingerprint density at radius 1 is 1.62 bits per heavy atom. The van der Waals surface area contributed by atoms with E-state index < -0.39 is 0 Å². The summed E-state index contributed by atoms with van der Waals surface area (Å²) in [5, 5.41) is 4.16. The van der Waals surface area contributed by atoms with Crippen molar-refractivity contribution in [3.8, 4) is 0 Å². The fourth-order valence-corrected chi connectivity index (χ4v) is 1.87. The first kappa shape index (κ1) is 13.4. The van der Waals surface area contributed by atoms with Crippen LogP contribution in [0.4, 0.5) is 0 Å². The van der Waals surface area contributed by atoms with Crippen molar-refractivity contribution in [2.45, 2.75) is 33.2 Å². The molecule has 0 aliphatic carbocycles. The van der Waals surface area contributed by atoms with Crippen molar-refractivity contribution >= 4 is 21.7 Å². The average molecular weight is 289 g/mol. The zero-order chi connectivity index (χ0) is 12.1. The predicted octanol–water partition coefficient (Wildman–Crippen LogP) is 2.84. The van der Waals surface area contributed by atoms with Gasteiger partial charge in [-0.2, -0.15) is 5.10 Å². The van der Waals surface area contributed by atoms with Gasteiger partial charge in [0, 0.05) is 12.6 Å². The Bertz CT molecular complexity index is 361. The van der Waals surface area contributed by atoms with E-state index in [-0.39, 0.29) is 18.4 Å². The van der Waals surface area contributed by atoms with E-state index in [1.807, 2.05) is 20.8 Å². The number of ketones is 1. The third-order valence-electron chi connectivity index (χ3n) is 2.09. The Labute approximate surface area is 104 Å². The van der Waals surface area contributed by atoms with Crippen LogP contribution in [0.2, 0.25) is 0 Å². The average Bonchev–Trinajstić information content (AvgIpc) is 2.60. The van der Waals surface area contributed by atoms with Crippen LogP contribution in [0.25, 0.3) is 0 Å². The molecule has 0 N–H and O–H groups in total. The molecule has 0 saturated heterocycles. The van der Waals surface area contributed by atoms with Gasteiger partial charge in [-0.05, 0) is 36.2 Å². The van der Waals surface area contributed by atoms with Gasteiger partial charge in [-0.3, -0.25) is 9.48 Å². The lowest BCUT2D eigenvalue weighted by atomic mass is 10.2. The Morgan fingerprint density at radius 3 is 2.88 bits per heavy atom. The minimum atomic E-state index is -0.0356. The number of aromatic nitrogens is 2. The highest BCUT2D eigenvalue weighted by Crippen LogP contribution is 2.20. The second kappa shape index (κ2) is 6.15. The molecule has 0 unspecified atom stereocenters. The number of hydrogen-bond donors (Lipinski definition) is 0. The quantitative estimate of drug-likeness (QED) is 0.597. The highest BCUT2D eigenvalue weighted by atomic mass is 79.9. The number of ether oxygens (including phenoxy) is 1. The van der Waals surface area contributed by atoms with Gasteiger partial charge in [0.1, 0.15) is 12.3 Å². The number of carbonyl (C=O) groups is 1. The summed E-state index contributed by atoms with van der Waals surface area (Å²) in [6.45, 7) is 6.72. The van der Waals surface area contributed by atoms with E-state index in [0.717, 1.165) is 10.9 Å². The normalized spacial score (nSPS) is 11.1. The van der Waals surface area contributed by atoms with E-state index in [0.29, 0.717) is 12.3 Å². The molecule has 0 bridgehead atoms. The van der Waals surface area contributed by atoms with Gasteiger partial charge >= 0.3 is 0 Å². The topological polar surface area (TPSA) is 44.1 Å². The van der Waals surface area contributed by atoms with Gasteiger partial charge < -0.3 is 4.74 Å². The van der Waals surface area contributed by atoms with Crippen molar-refractivity contribution in [2.24, 2.45) is 0 Å². The zero-order valence-electron chi connectivity index (χ0n) is 9.86. The number of hydrogen-bond acceptors (Lipinski definition) is 3. The second-order valence-electron chi connectivity index (χ2n) is 3.86. The zero-order valence-corrected chi connectivity index (χ0v) is 11.5. The highest BCUT2D eigenvalue weighted by molar-refractivity contribution is 9.10. The van der Waals surface area contributed by atoms with E-state index in [1.54, 1.807) is 10.9 Å². The molecule has 0 spiro atoms. The summed E-state index contributed by atoms with van der Waals surface area (Å²) in [6.07, 6.45) is 2.56. The molecule has 1 heterocycles. The maximum Gasteiger partial charge on any atom is 0.207 e. The fraction of sp³-hybridized carbons (Fsp3) is 0.636. The van der Waals surface area contributed by atoms with Gasteiger partial charge in [0.05, 0.1) is 10.7 Å². The first-order valence-corrected chi connectivity index (χ1v) is 6.21. The Morgan fingerprint density at radius 2 is 2.31 bits per heavy atom. The lowest BCUT2D eigenvalue weighted by Crippen LogP contribution is -2.17. The predicted molar refractivity (Wildman–Crippen MR) is 65.8 cm³/mol. The van der Waals surface area contributed by atoms with Crippen LogP contribution in [-0.4, -0.2) is 28.8 Å². The highest BCUT2D eigenvalue weighted by Gasteiger charge is 2.18. The summed E-state index contributed by atoms with van der Waals surface area (Å²) >= 11 is 3.34. The first-order valence-electron chi connectivity index (χ1n) is 5.41.